The topological polar surface area (TPSA) is 106 Å². The molecule has 0 bridgehead atoms. The summed E-state index contributed by atoms with van der Waals surface area (Å²) in [5, 5.41) is 20.4. The van der Waals surface area contributed by atoms with Gasteiger partial charge >= 0.3 is 0 Å². The number of non-ortho nitro benzene ring substituents is 1. The maximum Gasteiger partial charge on any atom is 0.270 e. The molecule has 0 aromatic heterocycles. The first-order valence-corrected chi connectivity index (χ1v) is 6.03. The number of phenolic OH excluding ortho intramolecular Hbond substituents is 1. The second-order valence-electron chi connectivity index (χ2n) is 4.31. The molecule has 0 atom stereocenters. The van der Waals surface area contributed by atoms with Crippen molar-refractivity contribution in [3.63, 3.8) is 0 Å². The van der Waals surface area contributed by atoms with E-state index in [1.54, 1.807) is 18.2 Å². The van der Waals surface area contributed by atoms with Gasteiger partial charge in [-0.3, -0.25) is 14.9 Å². The van der Waals surface area contributed by atoms with Crippen molar-refractivity contribution in [3.8, 4) is 16.9 Å². The van der Waals surface area contributed by atoms with E-state index in [0.717, 1.165) is 6.08 Å². The summed E-state index contributed by atoms with van der Waals surface area (Å²) in [4.78, 5) is 21.2. The summed E-state index contributed by atoms with van der Waals surface area (Å²) in [5.41, 5.74) is 6.81. The van der Waals surface area contributed by atoms with Crippen molar-refractivity contribution in [2.75, 3.05) is 0 Å². The molecule has 1 amide bonds. The molecule has 6 heteroatoms. The molecule has 0 aliphatic carbocycles. The van der Waals surface area contributed by atoms with Crippen molar-refractivity contribution >= 4 is 17.7 Å². The number of carbonyl (C=O) groups excluding carboxylic acids is 1. The first-order chi connectivity index (χ1) is 9.97. The van der Waals surface area contributed by atoms with E-state index >= 15 is 0 Å². The van der Waals surface area contributed by atoms with Crippen molar-refractivity contribution in [2.24, 2.45) is 5.73 Å². The van der Waals surface area contributed by atoms with Crippen LogP contribution in [0.15, 0.2) is 48.5 Å². The molecule has 3 N–H and O–H groups in total. The van der Waals surface area contributed by atoms with Crippen LogP contribution < -0.4 is 5.73 Å². The molecule has 2 aromatic rings. The molecule has 0 fully saturated rings. The number of benzene rings is 2. The van der Waals surface area contributed by atoms with Crippen LogP contribution >= 0.6 is 0 Å². The highest BCUT2D eigenvalue weighted by Crippen LogP contribution is 2.30. The van der Waals surface area contributed by atoms with Crippen LogP contribution in [0.3, 0.4) is 0 Å². The Labute approximate surface area is 120 Å². The number of amides is 1. The minimum absolute atomic E-state index is 0.0216. The maximum atomic E-state index is 10.8. The highest BCUT2D eigenvalue weighted by Gasteiger charge is 2.10. The highest BCUT2D eigenvalue weighted by molar-refractivity contribution is 5.92. The summed E-state index contributed by atoms with van der Waals surface area (Å²) >= 11 is 0. The quantitative estimate of drug-likeness (QED) is 0.511. The van der Waals surface area contributed by atoms with Crippen LogP contribution in [0.1, 0.15) is 5.56 Å². The summed E-state index contributed by atoms with van der Waals surface area (Å²) in [6, 6.07) is 10.6. The Morgan fingerprint density at radius 2 is 2.00 bits per heavy atom. The van der Waals surface area contributed by atoms with Crippen LogP contribution in [0.25, 0.3) is 17.2 Å². The normalized spacial score (nSPS) is 10.7. The first-order valence-electron chi connectivity index (χ1n) is 6.03. The molecule has 0 heterocycles. The van der Waals surface area contributed by atoms with Crippen LogP contribution in [0.5, 0.6) is 5.75 Å². The van der Waals surface area contributed by atoms with Gasteiger partial charge < -0.3 is 10.8 Å². The molecule has 2 aromatic carbocycles. The summed E-state index contributed by atoms with van der Waals surface area (Å²) in [6.07, 6.45) is 2.62. The van der Waals surface area contributed by atoms with Crippen LogP contribution in [0, 0.1) is 10.1 Å². The molecule has 0 unspecified atom stereocenters. The lowest BCUT2D eigenvalue weighted by molar-refractivity contribution is -0.384. The van der Waals surface area contributed by atoms with E-state index in [2.05, 4.69) is 0 Å². The molecular weight excluding hydrogens is 272 g/mol. The van der Waals surface area contributed by atoms with Crippen molar-refractivity contribution in [3.05, 3.63) is 64.2 Å². The van der Waals surface area contributed by atoms with Crippen LogP contribution in [0.2, 0.25) is 0 Å². The molecule has 106 valence electrons. The largest absolute Gasteiger partial charge is 0.508 e. The van der Waals surface area contributed by atoms with E-state index in [0.29, 0.717) is 16.7 Å². The number of hydrogen-bond acceptors (Lipinski definition) is 4. The minimum Gasteiger partial charge on any atom is -0.508 e. The monoisotopic (exact) mass is 284 g/mol. The Hall–Kier alpha value is -3.15. The minimum atomic E-state index is -0.622. The first kappa shape index (κ1) is 14.3. The standard InChI is InChI=1S/C15H12N2O4/c16-15(19)7-4-11-9-13(18)5-6-14(11)10-2-1-3-12(8-10)17(20)21/h1-9,18H,(H2,16,19). The molecule has 0 spiro atoms. The maximum absolute atomic E-state index is 10.8. The average molecular weight is 284 g/mol. The average Bonchev–Trinajstić information content (AvgIpc) is 2.45. The third-order valence-electron chi connectivity index (χ3n) is 2.83. The lowest BCUT2D eigenvalue weighted by Crippen LogP contribution is -2.05. The van der Waals surface area contributed by atoms with Gasteiger partial charge in [-0.1, -0.05) is 18.2 Å². The van der Waals surface area contributed by atoms with E-state index < -0.39 is 10.8 Å². The number of primary amides is 1. The van der Waals surface area contributed by atoms with Gasteiger partial charge in [0.25, 0.3) is 5.69 Å². The summed E-state index contributed by atoms with van der Waals surface area (Å²) in [7, 11) is 0. The van der Waals surface area contributed by atoms with Gasteiger partial charge in [-0.25, -0.2) is 0 Å². The number of nitro benzene ring substituents is 1. The van der Waals surface area contributed by atoms with Gasteiger partial charge in [-0.05, 0) is 34.9 Å². The van der Waals surface area contributed by atoms with Gasteiger partial charge in [-0.15, -0.1) is 0 Å². The number of aromatic hydroxyl groups is 1. The predicted octanol–water partition coefficient (Wildman–Crippen LogP) is 2.47. The Morgan fingerprint density at radius 3 is 2.67 bits per heavy atom. The number of nitrogens with zero attached hydrogens (tertiary/aromatic N) is 1. The Balaban J connectivity index is 2.55. The fourth-order valence-corrected chi connectivity index (χ4v) is 1.91. The van der Waals surface area contributed by atoms with Crippen molar-refractivity contribution in [2.45, 2.75) is 0 Å². The molecule has 0 saturated carbocycles. The molecule has 0 radical (unpaired) electrons. The van der Waals surface area contributed by atoms with E-state index in [1.807, 2.05) is 0 Å². The van der Waals surface area contributed by atoms with Gasteiger partial charge in [0.2, 0.25) is 5.91 Å². The van der Waals surface area contributed by atoms with Crippen LogP contribution in [0.4, 0.5) is 5.69 Å². The van der Waals surface area contributed by atoms with E-state index in [1.165, 1.54) is 30.3 Å². The Morgan fingerprint density at radius 1 is 1.24 bits per heavy atom. The zero-order chi connectivity index (χ0) is 15.4. The molecular formula is C15H12N2O4. The van der Waals surface area contributed by atoms with E-state index in [-0.39, 0.29) is 11.4 Å². The molecule has 2 rings (SSSR count). The van der Waals surface area contributed by atoms with Gasteiger partial charge in [0, 0.05) is 18.2 Å². The Bertz CT molecular complexity index is 738. The third kappa shape index (κ3) is 3.44. The second kappa shape index (κ2) is 5.87. The summed E-state index contributed by atoms with van der Waals surface area (Å²) < 4.78 is 0. The molecule has 21 heavy (non-hydrogen) atoms. The Kier molecular flexibility index (Phi) is 3.99. The van der Waals surface area contributed by atoms with Crippen LogP contribution in [-0.4, -0.2) is 15.9 Å². The van der Waals surface area contributed by atoms with E-state index in [9.17, 15) is 20.0 Å². The van der Waals surface area contributed by atoms with Gasteiger partial charge in [0.05, 0.1) is 4.92 Å². The SMILES string of the molecule is NC(=O)C=Cc1cc(O)ccc1-c1cccc([N+](=O)[O-])c1. The summed E-state index contributed by atoms with van der Waals surface area (Å²) in [6.45, 7) is 0. The van der Waals surface area contributed by atoms with Crippen molar-refractivity contribution in [1.82, 2.24) is 0 Å². The lowest BCUT2D eigenvalue weighted by atomic mass is 9.98. The predicted molar refractivity (Wildman–Crippen MR) is 78.4 cm³/mol. The van der Waals surface area contributed by atoms with Gasteiger partial charge in [-0.2, -0.15) is 0 Å². The summed E-state index contributed by atoms with van der Waals surface area (Å²) in [5.74, 6) is -0.600. The number of rotatable bonds is 4. The smallest absolute Gasteiger partial charge is 0.270 e. The highest BCUT2D eigenvalue weighted by atomic mass is 16.6. The number of hydrogen-bond donors (Lipinski definition) is 2. The zero-order valence-corrected chi connectivity index (χ0v) is 10.9. The van der Waals surface area contributed by atoms with Gasteiger partial charge in [0.15, 0.2) is 0 Å². The number of carbonyl (C=O) groups is 1. The lowest BCUT2D eigenvalue weighted by Gasteiger charge is -2.07. The van der Waals surface area contributed by atoms with Crippen molar-refractivity contribution in [1.29, 1.82) is 0 Å². The number of phenols is 1. The molecule has 0 aliphatic heterocycles. The van der Waals surface area contributed by atoms with Crippen LogP contribution in [-0.2, 0) is 4.79 Å². The number of nitrogens with two attached hydrogens (primary N) is 1. The molecule has 6 nitrogen and oxygen atoms in total. The molecule has 0 saturated heterocycles. The molecule has 0 aliphatic rings. The van der Waals surface area contributed by atoms with Gasteiger partial charge in [0.1, 0.15) is 5.75 Å². The third-order valence-corrected chi connectivity index (χ3v) is 2.83. The number of nitro groups is 1. The zero-order valence-electron chi connectivity index (χ0n) is 10.9. The second-order valence-corrected chi connectivity index (χ2v) is 4.31. The van der Waals surface area contributed by atoms with E-state index in [4.69, 9.17) is 5.73 Å². The van der Waals surface area contributed by atoms with Crippen molar-refractivity contribution < 1.29 is 14.8 Å². The fraction of sp³-hybridized carbons (Fsp3) is 0. The fourth-order valence-electron chi connectivity index (χ4n) is 1.91.